The number of anilines is 1. The Morgan fingerprint density at radius 2 is 2.35 bits per heavy atom. The molecule has 0 aliphatic carbocycles. The monoisotopic (exact) mass is 319 g/mol. The van der Waals surface area contributed by atoms with E-state index in [9.17, 15) is 0 Å². The van der Waals surface area contributed by atoms with E-state index in [2.05, 4.69) is 31.5 Å². The van der Waals surface area contributed by atoms with Gasteiger partial charge in [-0.05, 0) is 48.3 Å². The third-order valence-corrected chi connectivity index (χ3v) is 4.22. The van der Waals surface area contributed by atoms with Crippen LogP contribution in [0.2, 0.25) is 0 Å². The van der Waals surface area contributed by atoms with Crippen molar-refractivity contribution in [2.75, 3.05) is 31.6 Å². The number of piperidine rings is 1. The average molecular weight is 320 g/mol. The van der Waals surface area contributed by atoms with Gasteiger partial charge in [0.25, 0.3) is 0 Å². The molecule has 4 nitrogen and oxygen atoms in total. The maximum atomic E-state index is 5.82. The van der Waals surface area contributed by atoms with Crippen LogP contribution in [0.15, 0.2) is 9.98 Å². The molecule has 2 rings (SSSR count). The maximum Gasteiger partial charge on any atom is 0.183 e. The molecular formula is C11H18BrN3OS. The number of hydrogen-bond donors (Lipinski definition) is 2. The Kier molecular flexibility index (Phi) is 5.70. The van der Waals surface area contributed by atoms with E-state index in [-0.39, 0.29) is 0 Å². The Morgan fingerprint density at radius 1 is 1.53 bits per heavy atom. The summed E-state index contributed by atoms with van der Waals surface area (Å²) in [5.74, 6) is 0. The van der Waals surface area contributed by atoms with Crippen molar-refractivity contribution in [1.29, 1.82) is 0 Å². The normalized spacial score (nSPS) is 17.2. The number of nitrogens with zero attached hydrogens (tertiary/aromatic N) is 1. The van der Waals surface area contributed by atoms with Crippen molar-refractivity contribution in [3.63, 3.8) is 0 Å². The van der Waals surface area contributed by atoms with Crippen molar-refractivity contribution in [2.24, 2.45) is 0 Å². The third kappa shape index (κ3) is 4.91. The highest BCUT2D eigenvalue weighted by Gasteiger charge is 2.12. The number of aromatic nitrogens is 1. The van der Waals surface area contributed by atoms with Crippen LogP contribution in [0.3, 0.4) is 0 Å². The molecule has 0 saturated carbocycles. The molecule has 0 amide bonds. The van der Waals surface area contributed by atoms with Crippen molar-refractivity contribution < 1.29 is 4.74 Å². The molecule has 96 valence electrons. The summed E-state index contributed by atoms with van der Waals surface area (Å²) in [4.78, 5) is 4.27. The molecule has 1 saturated heterocycles. The zero-order chi connectivity index (χ0) is 11.9. The summed E-state index contributed by atoms with van der Waals surface area (Å²) in [6.07, 6.45) is 3.78. The van der Waals surface area contributed by atoms with Crippen LogP contribution in [0.5, 0.6) is 0 Å². The van der Waals surface area contributed by atoms with Gasteiger partial charge in [-0.3, -0.25) is 0 Å². The fourth-order valence-electron chi connectivity index (χ4n) is 1.81. The highest BCUT2D eigenvalue weighted by atomic mass is 79.9. The summed E-state index contributed by atoms with van der Waals surface area (Å²) < 4.78 is 6.72. The highest BCUT2D eigenvalue weighted by Crippen LogP contribution is 2.19. The van der Waals surface area contributed by atoms with Crippen LogP contribution in [0.4, 0.5) is 5.13 Å². The molecule has 0 unspecified atom stereocenters. The lowest BCUT2D eigenvalue weighted by atomic mass is 10.1. The van der Waals surface area contributed by atoms with Gasteiger partial charge in [-0.25, -0.2) is 4.98 Å². The maximum absolute atomic E-state index is 5.82. The quantitative estimate of drug-likeness (QED) is 0.791. The van der Waals surface area contributed by atoms with E-state index in [0.29, 0.717) is 6.10 Å². The van der Waals surface area contributed by atoms with Crippen LogP contribution in [0.1, 0.15) is 19.3 Å². The number of hydrogen-bond acceptors (Lipinski definition) is 5. The lowest BCUT2D eigenvalue weighted by Gasteiger charge is -2.22. The van der Waals surface area contributed by atoms with Gasteiger partial charge in [-0.2, -0.15) is 0 Å². The summed E-state index contributed by atoms with van der Waals surface area (Å²) in [7, 11) is 0. The molecule has 17 heavy (non-hydrogen) atoms. The molecule has 1 aliphatic heterocycles. The van der Waals surface area contributed by atoms with Crippen molar-refractivity contribution in [1.82, 2.24) is 10.3 Å². The van der Waals surface area contributed by atoms with Gasteiger partial charge in [0, 0.05) is 18.5 Å². The van der Waals surface area contributed by atoms with Gasteiger partial charge in [0.15, 0.2) is 5.13 Å². The minimum Gasteiger partial charge on any atom is -0.378 e. The molecule has 1 aromatic heterocycles. The molecule has 1 fully saturated rings. The molecule has 1 aliphatic rings. The first-order valence-corrected chi connectivity index (χ1v) is 7.69. The third-order valence-electron chi connectivity index (χ3n) is 2.71. The van der Waals surface area contributed by atoms with Gasteiger partial charge < -0.3 is 15.4 Å². The lowest BCUT2D eigenvalue weighted by Crippen LogP contribution is -2.32. The van der Waals surface area contributed by atoms with Gasteiger partial charge in [0.1, 0.15) is 4.60 Å². The molecule has 0 radical (unpaired) electrons. The second-order valence-corrected chi connectivity index (χ2v) is 5.75. The second kappa shape index (κ2) is 7.31. The van der Waals surface area contributed by atoms with Crippen molar-refractivity contribution >= 4 is 32.4 Å². The molecule has 0 bridgehead atoms. The molecule has 0 atom stereocenters. The Balaban J connectivity index is 1.51. The predicted octanol–water partition coefficient (Wildman–Crippen LogP) is 2.48. The summed E-state index contributed by atoms with van der Waals surface area (Å²) >= 11 is 4.95. The van der Waals surface area contributed by atoms with Crippen molar-refractivity contribution in [3.8, 4) is 0 Å². The zero-order valence-electron chi connectivity index (χ0n) is 9.75. The van der Waals surface area contributed by atoms with E-state index >= 15 is 0 Å². The summed E-state index contributed by atoms with van der Waals surface area (Å²) in [6.45, 7) is 3.95. The standard InChI is InChI=1S/C11H18BrN3OS/c12-10-8-17-11(15-10)14-4-1-7-16-9-2-5-13-6-3-9/h8-9,13H,1-7H2,(H,14,15). The van der Waals surface area contributed by atoms with Gasteiger partial charge in [0.05, 0.1) is 6.10 Å². The van der Waals surface area contributed by atoms with Crippen LogP contribution in [0.25, 0.3) is 0 Å². The molecule has 0 spiro atoms. The predicted molar refractivity (Wildman–Crippen MR) is 74.8 cm³/mol. The minimum absolute atomic E-state index is 0.463. The van der Waals surface area contributed by atoms with Crippen LogP contribution in [-0.4, -0.2) is 37.3 Å². The summed E-state index contributed by atoms with van der Waals surface area (Å²) in [5, 5.41) is 9.58. The van der Waals surface area contributed by atoms with Gasteiger partial charge in [-0.15, -0.1) is 11.3 Å². The first kappa shape index (κ1) is 13.3. The molecule has 2 heterocycles. The SMILES string of the molecule is Brc1csc(NCCCOC2CCNCC2)n1. The highest BCUT2D eigenvalue weighted by molar-refractivity contribution is 9.10. The van der Waals surface area contributed by atoms with Crippen LogP contribution in [-0.2, 0) is 4.74 Å². The Morgan fingerprint density at radius 3 is 3.06 bits per heavy atom. The zero-order valence-corrected chi connectivity index (χ0v) is 12.1. The number of thiazole rings is 1. The van der Waals surface area contributed by atoms with Gasteiger partial charge in [-0.1, -0.05) is 0 Å². The lowest BCUT2D eigenvalue weighted by molar-refractivity contribution is 0.0329. The number of rotatable bonds is 6. The Bertz CT molecular complexity index is 328. The number of nitrogens with one attached hydrogen (secondary N) is 2. The minimum atomic E-state index is 0.463. The molecule has 0 aromatic carbocycles. The molecule has 6 heteroatoms. The second-order valence-electron chi connectivity index (χ2n) is 4.08. The van der Waals surface area contributed by atoms with E-state index < -0.39 is 0 Å². The van der Waals surface area contributed by atoms with Crippen molar-refractivity contribution in [2.45, 2.75) is 25.4 Å². The van der Waals surface area contributed by atoms with Crippen LogP contribution in [0, 0.1) is 0 Å². The average Bonchev–Trinajstić information content (AvgIpc) is 2.76. The largest absolute Gasteiger partial charge is 0.378 e. The smallest absolute Gasteiger partial charge is 0.183 e. The number of ether oxygens (including phenoxy) is 1. The summed E-state index contributed by atoms with van der Waals surface area (Å²) in [5.41, 5.74) is 0. The summed E-state index contributed by atoms with van der Waals surface area (Å²) in [6, 6.07) is 0. The van der Waals surface area contributed by atoms with Crippen LogP contribution >= 0.6 is 27.3 Å². The molecule has 2 N–H and O–H groups in total. The van der Waals surface area contributed by atoms with E-state index in [1.807, 2.05) is 5.38 Å². The van der Waals surface area contributed by atoms with Gasteiger partial charge >= 0.3 is 0 Å². The van der Waals surface area contributed by atoms with E-state index in [4.69, 9.17) is 4.74 Å². The first-order chi connectivity index (χ1) is 8.34. The topological polar surface area (TPSA) is 46.2 Å². The Hall–Kier alpha value is -0.170. The fourth-order valence-corrected chi connectivity index (χ4v) is 2.99. The fraction of sp³-hybridized carbons (Fsp3) is 0.727. The van der Waals surface area contributed by atoms with Crippen molar-refractivity contribution in [3.05, 3.63) is 9.98 Å². The first-order valence-electron chi connectivity index (χ1n) is 6.02. The van der Waals surface area contributed by atoms with Crippen LogP contribution < -0.4 is 10.6 Å². The Labute approximate surface area is 114 Å². The van der Waals surface area contributed by atoms with E-state index in [0.717, 1.165) is 55.2 Å². The van der Waals surface area contributed by atoms with E-state index in [1.165, 1.54) is 0 Å². The number of halogens is 1. The molecule has 1 aromatic rings. The van der Waals surface area contributed by atoms with E-state index in [1.54, 1.807) is 11.3 Å². The molecular weight excluding hydrogens is 302 g/mol. The van der Waals surface area contributed by atoms with Gasteiger partial charge in [0.2, 0.25) is 0 Å².